The lowest BCUT2D eigenvalue weighted by Crippen LogP contribution is -2.22. The first-order valence-electron chi connectivity index (χ1n) is 10.3. The number of allylic oxidation sites excluding steroid dienone is 2. The number of carboxylic acid groups (broad SMARTS) is 1. The van der Waals surface area contributed by atoms with E-state index in [9.17, 15) is 23.1 Å². The molecule has 0 fully saturated rings. The number of carbonyl (C=O) groups is 2. The summed E-state index contributed by atoms with van der Waals surface area (Å²) >= 11 is 0. The monoisotopic (exact) mass is 476 g/mol. The van der Waals surface area contributed by atoms with Crippen LogP contribution in [-0.4, -0.2) is 37.6 Å². The molecule has 2 N–H and O–H groups in total. The minimum atomic E-state index is -4.10. The van der Waals surface area contributed by atoms with Gasteiger partial charge in [0.05, 0.1) is 28.5 Å². The number of benzene rings is 3. The van der Waals surface area contributed by atoms with Crippen molar-refractivity contribution in [3.8, 4) is 5.75 Å². The summed E-state index contributed by atoms with van der Waals surface area (Å²) in [5.74, 6) is -0.937. The van der Waals surface area contributed by atoms with Gasteiger partial charge in [0.2, 0.25) is 5.78 Å². The van der Waals surface area contributed by atoms with Crippen molar-refractivity contribution >= 4 is 33.2 Å². The maximum absolute atomic E-state index is 13.1. The van der Waals surface area contributed by atoms with E-state index in [1.54, 1.807) is 48.5 Å². The summed E-state index contributed by atoms with van der Waals surface area (Å²) in [5, 5.41) is 12.1. The number of fused-ring (bicyclic) bond motifs is 1. The number of ether oxygens (including phenoxy) is 1. The molecular weight excluding hydrogens is 456 g/mol. The Kier molecular flexibility index (Phi) is 6.29. The fraction of sp³-hybridized carbons (Fsp3) is 0.0800. The molecule has 0 heterocycles. The molecule has 0 saturated carbocycles. The number of ketones is 1. The molecular formula is C25H20N2O6S. The van der Waals surface area contributed by atoms with Crippen LogP contribution >= 0.6 is 0 Å². The first kappa shape index (κ1) is 22.9. The third kappa shape index (κ3) is 4.74. The van der Waals surface area contributed by atoms with Crippen LogP contribution < -0.4 is 10.1 Å². The highest BCUT2D eigenvalue weighted by atomic mass is 32.2. The maximum atomic E-state index is 13.1. The zero-order chi connectivity index (χ0) is 24.3. The van der Waals surface area contributed by atoms with E-state index >= 15 is 0 Å². The molecule has 34 heavy (non-hydrogen) atoms. The number of carbonyl (C=O) groups excluding carboxylic acids is 1. The molecule has 172 valence electrons. The van der Waals surface area contributed by atoms with Gasteiger partial charge in [-0.3, -0.25) is 4.79 Å². The summed E-state index contributed by atoms with van der Waals surface area (Å²) in [4.78, 5) is 24.3. The summed E-state index contributed by atoms with van der Waals surface area (Å²) in [6.07, 6.45) is 1.35. The smallest absolute Gasteiger partial charge is 0.335 e. The van der Waals surface area contributed by atoms with Gasteiger partial charge < -0.3 is 15.2 Å². The lowest BCUT2D eigenvalue weighted by molar-refractivity contribution is 0.0696. The Hall–Kier alpha value is -4.24. The van der Waals surface area contributed by atoms with Crippen LogP contribution in [0, 0.1) is 0 Å². The first-order valence-corrected chi connectivity index (χ1v) is 11.8. The summed E-state index contributed by atoms with van der Waals surface area (Å²) in [7, 11) is -4.10. The van der Waals surface area contributed by atoms with Gasteiger partial charge in [-0.25, -0.2) is 4.79 Å². The summed E-state index contributed by atoms with van der Waals surface area (Å²) < 4.78 is 35.4. The highest BCUT2D eigenvalue weighted by Crippen LogP contribution is 2.26. The van der Waals surface area contributed by atoms with Crippen LogP contribution in [0.1, 0.15) is 33.2 Å². The van der Waals surface area contributed by atoms with E-state index in [2.05, 4.69) is 9.71 Å². The van der Waals surface area contributed by atoms with Crippen LogP contribution in [-0.2, 0) is 10.0 Å². The Balaban J connectivity index is 1.75. The van der Waals surface area contributed by atoms with Gasteiger partial charge in [0.25, 0.3) is 10.0 Å². The molecule has 9 heteroatoms. The second-order valence-corrected chi connectivity index (χ2v) is 8.90. The van der Waals surface area contributed by atoms with Crippen LogP contribution in [0.2, 0.25) is 0 Å². The maximum Gasteiger partial charge on any atom is 0.335 e. The molecule has 1 aliphatic carbocycles. The van der Waals surface area contributed by atoms with Gasteiger partial charge in [-0.05, 0) is 55.5 Å². The zero-order valence-corrected chi connectivity index (χ0v) is 18.9. The molecule has 8 nitrogen and oxygen atoms in total. The molecule has 3 aromatic carbocycles. The predicted molar refractivity (Wildman–Crippen MR) is 127 cm³/mol. The van der Waals surface area contributed by atoms with Crippen LogP contribution in [0.15, 0.2) is 93.9 Å². The third-order valence-electron chi connectivity index (χ3n) is 5.01. The minimum Gasteiger partial charge on any atom is -0.494 e. The van der Waals surface area contributed by atoms with Gasteiger partial charge in [-0.15, -0.1) is 0 Å². The summed E-state index contributed by atoms with van der Waals surface area (Å²) in [5.41, 5.74) is 1.23. The largest absolute Gasteiger partial charge is 0.494 e. The molecule has 0 amide bonds. The fourth-order valence-electron chi connectivity index (χ4n) is 3.44. The van der Waals surface area contributed by atoms with Crippen molar-refractivity contribution in [1.82, 2.24) is 0 Å². The SMILES string of the molecule is CCOc1ccc(S(=O)(=O)/N=C2/C=C(Nc3cccc(C(=O)O)c3)C(=O)c3ccccc32)cc1. The highest BCUT2D eigenvalue weighted by Gasteiger charge is 2.26. The summed E-state index contributed by atoms with van der Waals surface area (Å²) in [6.45, 7) is 2.28. The number of nitrogens with one attached hydrogen (secondary N) is 1. The molecule has 0 atom stereocenters. The van der Waals surface area contributed by atoms with E-state index in [0.717, 1.165) is 0 Å². The van der Waals surface area contributed by atoms with Crippen LogP contribution in [0.4, 0.5) is 5.69 Å². The van der Waals surface area contributed by atoms with Crippen molar-refractivity contribution < 1.29 is 27.9 Å². The number of hydrogen-bond donors (Lipinski definition) is 2. The molecule has 0 radical (unpaired) electrons. The number of Topliss-reactive ketones (excluding diaryl/α,β-unsaturated/α-hetero) is 1. The Bertz CT molecular complexity index is 1440. The van der Waals surface area contributed by atoms with Gasteiger partial charge in [0.15, 0.2) is 0 Å². The van der Waals surface area contributed by atoms with Crippen LogP contribution in [0.5, 0.6) is 5.75 Å². The average Bonchev–Trinajstić information content (AvgIpc) is 2.83. The molecule has 0 spiro atoms. The van der Waals surface area contributed by atoms with Crippen molar-refractivity contribution in [2.45, 2.75) is 11.8 Å². The van der Waals surface area contributed by atoms with Gasteiger partial charge in [-0.1, -0.05) is 30.3 Å². The van der Waals surface area contributed by atoms with E-state index in [-0.39, 0.29) is 33.2 Å². The van der Waals surface area contributed by atoms with Crippen molar-refractivity contribution in [3.63, 3.8) is 0 Å². The van der Waals surface area contributed by atoms with E-state index in [1.165, 1.54) is 30.3 Å². The van der Waals surface area contributed by atoms with Crippen molar-refractivity contribution in [2.75, 3.05) is 11.9 Å². The van der Waals surface area contributed by atoms with Crippen molar-refractivity contribution in [1.29, 1.82) is 0 Å². The lowest BCUT2D eigenvalue weighted by atomic mass is 9.92. The molecule has 4 rings (SSSR count). The standard InChI is InChI=1S/C25H20N2O6S/c1-2-33-18-10-12-19(13-11-18)34(31,32)27-22-15-23(24(28)21-9-4-3-8-20(21)22)26-17-7-5-6-16(14-17)25(29)30/h3-15,26H,2H2,1H3,(H,29,30)/b27-22-. The third-order valence-corrected chi connectivity index (χ3v) is 6.32. The molecule has 0 aliphatic heterocycles. The highest BCUT2D eigenvalue weighted by molar-refractivity contribution is 7.90. The second-order valence-electron chi connectivity index (χ2n) is 7.30. The first-order chi connectivity index (χ1) is 16.3. The topological polar surface area (TPSA) is 122 Å². The second kappa shape index (κ2) is 9.32. The number of rotatable bonds is 7. The van der Waals surface area contributed by atoms with E-state index in [1.807, 2.05) is 6.92 Å². The summed E-state index contributed by atoms with van der Waals surface area (Å²) in [6, 6.07) is 18.4. The Morgan fingerprint density at radius 2 is 1.71 bits per heavy atom. The van der Waals surface area contributed by atoms with Crippen LogP contribution in [0.25, 0.3) is 0 Å². The molecule has 0 bridgehead atoms. The number of sulfonamides is 1. The normalized spacial score (nSPS) is 14.3. The van der Waals surface area contributed by atoms with Crippen molar-refractivity contribution in [2.24, 2.45) is 4.40 Å². The Labute approximate surface area is 196 Å². The molecule has 0 saturated heterocycles. The van der Waals surface area contributed by atoms with E-state index in [4.69, 9.17) is 4.74 Å². The number of nitrogens with zero attached hydrogens (tertiary/aromatic N) is 1. The molecule has 1 aliphatic rings. The predicted octanol–water partition coefficient (Wildman–Crippen LogP) is 4.15. The van der Waals surface area contributed by atoms with Gasteiger partial charge in [0, 0.05) is 16.8 Å². The molecule has 3 aromatic rings. The van der Waals surface area contributed by atoms with E-state index < -0.39 is 16.0 Å². The zero-order valence-electron chi connectivity index (χ0n) is 18.1. The Morgan fingerprint density at radius 3 is 2.38 bits per heavy atom. The van der Waals surface area contributed by atoms with Gasteiger partial charge in [0.1, 0.15) is 5.75 Å². The lowest BCUT2D eigenvalue weighted by Gasteiger charge is -2.19. The fourth-order valence-corrected chi connectivity index (χ4v) is 4.44. The average molecular weight is 477 g/mol. The van der Waals surface area contributed by atoms with Crippen molar-refractivity contribution in [3.05, 3.63) is 101 Å². The number of hydrogen-bond acceptors (Lipinski definition) is 6. The molecule has 0 aromatic heterocycles. The van der Waals surface area contributed by atoms with E-state index in [0.29, 0.717) is 23.6 Å². The quantitative estimate of drug-likeness (QED) is 0.525. The van der Waals surface area contributed by atoms with Gasteiger partial charge in [-0.2, -0.15) is 12.8 Å². The number of aromatic carboxylic acids is 1. The molecule has 0 unspecified atom stereocenters. The van der Waals surface area contributed by atoms with Crippen LogP contribution in [0.3, 0.4) is 0 Å². The minimum absolute atomic E-state index is 0.0186. The number of anilines is 1. The Morgan fingerprint density at radius 1 is 1.00 bits per heavy atom. The number of carboxylic acids is 1. The van der Waals surface area contributed by atoms with Gasteiger partial charge >= 0.3 is 5.97 Å².